The average Bonchev–Trinajstić information content (AvgIpc) is 2.60. The largest absolute Gasteiger partial charge is 0.411 e. The van der Waals surface area contributed by atoms with E-state index >= 15 is 0 Å². The molecular formula is C19H20F3NO3. The maximum absolute atomic E-state index is 12.3. The molecule has 0 unspecified atom stereocenters. The van der Waals surface area contributed by atoms with Gasteiger partial charge in [-0.05, 0) is 22.8 Å². The first-order valence-electron chi connectivity index (χ1n) is 7.96. The van der Waals surface area contributed by atoms with Crippen LogP contribution in [0.1, 0.15) is 27.0 Å². The topological polar surface area (TPSA) is 47.6 Å². The summed E-state index contributed by atoms with van der Waals surface area (Å²) in [7, 11) is 1.56. The molecule has 7 heteroatoms. The number of carbonyl (C=O) groups excluding carboxylic acids is 1. The quantitative estimate of drug-likeness (QED) is 0.771. The van der Waals surface area contributed by atoms with Gasteiger partial charge in [-0.2, -0.15) is 13.2 Å². The molecule has 0 aliphatic heterocycles. The number of benzene rings is 2. The van der Waals surface area contributed by atoms with E-state index in [0.717, 1.165) is 11.1 Å². The van der Waals surface area contributed by atoms with Crippen LogP contribution in [0, 0.1) is 0 Å². The highest BCUT2D eigenvalue weighted by atomic mass is 19.4. The maximum Gasteiger partial charge on any atom is 0.411 e. The summed E-state index contributed by atoms with van der Waals surface area (Å²) in [5, 5.41) is 2.82. The molecule has 0 heterocycles. The Labute approximate surface area is 149 Å². The van der Waals surface area contributed by atoms with Crippen LogP contribution in [0.2, 0.25) is 0 Å². The standard InChI is InChI=1S/C19H20F3NO3/c1-25-12-16-4-2-3-5-17(16)18(24)23-10-14-6-8-15(9-7-14)11-26-13-19(20,21)22/h2-9H,10-13H2,1H3,(H,23,24). The molecule has 0 aromatic heterocycles. The van der Waals surface area contributed by atoms with Crippen LogP contribution in [0.15, 0.2) is 48.5 Å². The van der Waals surface area contributed by atoms with Crippen molar-refractivity contribution in [1.82, 2.24) is 5.32 Å². The number of hydrogen-bond acceptors (Lipinski definition) is 3. The average molecular weight is 367 g/mol. The van der Waals surface area contributed by atoms with Gasteiger partial charge in [-0.3, -0.25) is 4.79 Å². The van der Waals surface area contributed by atoms with E-state index in [1.807, 2.05) is 12.1 Å². The zero-order valence-corrected chi connectivity index (χ0v) is 14.3. The SMILES string of the molecule is COCc1ccccc1C(=O)NCc1ccc(COCC(F)(F)F)cc1. The van der Waals surface area contributed by atoms with Crippen LogP contribution in [0.25, 0.3) is 0 Å². The molecule has 1 N–H and O–H groups in total. The minimum absolute atomic E-state index is 0.115. The van der Waals surface area contributed by atoms with Gasteiger partial charge in [-0.15, -0.1) is 0 Å². The summed E-state index contributed by atoms with van der Waals surface area (Å²) in [6.45, 7) is -0.734. The smallest absolute Gasteiger partial charge is 0.380 e. The van der Waals surface area contributed by atoms with Gasteiger partial charge >= 0.3 is 6.18 Å². The van der Waals surface area contributed by atoms with Gasteiger partial charge in [0.05, 0.1) is 13.2 Å². The lowest BCUT2D eigenvalue weighted by Crippen LogP contribution is -2.24. The predicted molar refractivity (Wildman–Crippen MR) is 90.5 cm³/mol. The fourth-order valence-electron chi connectivity index (χ4n) is 2.34. The molecule has 0 radical (unpaired) electrons. The van der Waals surface area contributed by atoms with E-state index in [-0.39, 0.29) is 12.5 Å². The van der Waals surface area contributed by atoms with Gasteiger partial charge in [0.1, 0.15) is 6.61 Å². The summed E-state index contributed by atoms with van der Waals surface area (Å²) in [6, 6.07) is 14.0. The number of carbonyl (C=O) groups is 1. The summed E-state index contributed by atoms with van der Waals surface area (Å²) in [5.74, 6) is -0.213. The van der Waals surface area contributed by atoms with Crippen molar-refractivity contribution >= 4 is 5.91 Å². The number of alkyl halides is 3. The molecule has 0 spiro atoms. The Morgan fingerprint density at radius 3 is 2.31 bits per heavy atom. The highest BCUT2D eigenvalue weighted by Gasteiger charge is 2.27. The van der Waals surface area contributed by atoms with Gasteiger partial charge in [0.25, 0.3) is 5.91 Å². The van der Waals surface area contributed by atoms with Crippen LogP contribution >= 0.6 is 0 Å². The van der Waals surface area contributed by atoms with E-state index in [1.54, 1.807) is 43.5 Å². The highest BCUT2D eigenvalue weighted by molar-refractivity contribution is 5.95. The van der Waals surface area contributed by atoms with Gasteiger partial charge in [0, 0.05) is 19.2 Å². The molecule has 0 aliphatic rings. The second kappa shape index (κ2) is 9.35. The van der Waals surface area contributed by atoms with Crippen molar-refractivity contribution in [3.05, 3.63) is 70.8 Å². The van der Waals surface area contributed by atoms with Gasteiger partial charge in [0.15, 0.2) is 0 Å². The molecule has 0 saturated heterocycles. The second-order valence-electron chi connectivity index (χ2n) is 5.70. The summed E-state index contributed by atoms with van der Waals surface area (Å²) in [5.41, 5.74) is 2.81. The molecule has 0 atom stereocenters. The number of nitrogens with one attached hydrogen (secondary N) is 1. The third kappa shape index (κ3) is 6.50. The van der Waals surface area contributed by atoms with Gasteiger partial charge in [-0.1, -0.05) is 42.5 Å². The third-order valence-corrected chi connectivity index (χ3v) is 3.57. The number of hydrogen-bond donors (Lipinski definition) is 1. The normalized spacial score (nSPS) is 11.4. The van der Waals surface area contributed by atoms with E-state index < -0.39 is 12.8 Å². The van der Waals surface area contributed by atoms with Crippen LogP contribution in [0.3, 0.4) is 0 Å². The Kier molecular flexibility index (Phi) is 7.17. The molecule has 4 nitrogen and oxygen atoms in total. The van der Waals surface area contributed by atoms with Crippen molar-refractivity contribution in [2.75, 3.05) is 13.7 Å². The highest BCUT2D eigenvalue weighted by Crippen LogP contribution is 2.16. The predicted octanol–water partition coefficient (Wildman–Crippen LogP) is 3.84. The minimum Gasteiger partial charge on any atom is -0.380 e. The van der Waals surface area contributed by atoms with Crippen molar-refractivity contribution in [2.24, 2.45) is 0 Å². The van der Waals surface area contributed by atoms with Gasteiger partial charge in [-0.25, -0.2) is 0 Å². The second-order valence-corrected chi connectivity index (χ2v) is 5.70. The summed E-state index contributed by atoms with van der Waals surface area (Å²) < 4.78 is 45.8. The van der Waals surface area contributed by atoms with Gasteiger partial charge in [0.2, 0.25) is 0 Å². The van der Waals surface area contributed by atoms with E-state index in [1.165, 1.54) is 0 Å². The van der Waals surface area contributed by atoms with Crippen LogP contribution < -0.4 is 5.32 Å². The van der Waals surface area contributed by atoms with E-state index in [0.29, 0.717) is 24.3 Å². The molecule has 140 valence electrons. The number of rotatable bonds is 8. The first-order chi connectivity index (χ1) is 12.4. The summed E-state index contributed by atoms with van der Waals surface area (Å²) in [4.78, 5) is 12.3. The molecule has 26 heavy (non-hydrogen) atoms. The lowest BCUT2D eigenvalue weighted by molar-refractivity contribution is -0.176. The number of halogens is 3. The van der Waals surface area contributed by atoms with Crippen molar-refractivity contribution in [3.63, 3.8) is 0 Å². The van der Waals surface area contributed by atoms with Crippen molar-refractivity contribution in [1.29, 1.82) is 0 Å². The van der Waals surface area contributed by atoms with Gasteiger partial charge < -0.3 is 14.8 Å². The Morgan fingerprint density at radius 1 is 1.00 bits per heavy atom. The lowest BCUT2D eigenvalue weighted by Gasteiger charge is -2.10. The van der Waals surface area contributed by atoms with E-state index in [4.69, 9.17) is 4.74 Å². The van der Waals surface area contributed by atoms with Crippen molar-refractivity contribution in [2.45, 2.75) is 25.9 Å². The first-order valence-corrected chi connectivity index (χ1v) is 7.96. The third-order valence-electron chi connectivity index (χ3n) is 3.57. The maximum atomic E-state index is 12.3. The monoisotopic (exact) mass is 367 g/mol. The molecule has 2 aromatic carbocycles. The van der Waals surface area contributed by atoms with Crippen LogP contribution in [-0.2, 0) is 29.2 Å². The molecule has 0 bridgehead atoms. The lowest BCUT2D eigenvalue weighted by atomic mass is 10.1. The Hall–Kier alpha value is -2.38. The molecule has 0 aliphatic carbocycles. The van der Waals surface area contributed by atoms with E-state index in [9.17, 15) is 18.0 Å². The van der Waals surface area contributed by atoms with Crippen LogP contribution in [0.4, 0.5) is 13.2 Å². The first kappa shape index (κ1) is 19.9. The van der Waals surface area contributed by atoms with Crippen molar-refractivity contribution in [3.8, 4) is 0 Å². The molecular weight excluding hydrogens is 347 g/mol. The fraction of sp³-hybridized carbons (Fsp3) is 0.316. The molecule has 2 aromatic rings. The van der Waals surface area contributed by atoms with Crippen LogP contribution in [0.5, 0.6) is 0 Å². The summed E-state index contributed by atoms with van der Waals surface area (Å²) >= 11 is 0. The number of ether oxygens (including phenoxy) is 2. The zero-order valence-electron chi connectivity index (χ0n) is 14.3. The fourth-order valence-corrected chi connectivity index (χ4v) is 2.34. The molecule has 0 saturated carbocycles. The Bertz CT molecular complexity index is 715. The Balaban J connectivity index is 1.87. The number of methoxy groups -OCH3 is 1. The molecule has 2 rings (SSSR count). The van der Waals surface area contributed by atoms with Crippen molar-refractivity contribution < 1.29 is 27.4 Å². The number of amides is 1. The van der Waals surface area contributed by atoms with Crippen LogP contribution in [-0.4, -0.2) is 25.8 Å². The van der Waals surface area contributed by atoms with E-state index in [2.05, 4.69) is 10.1 Å². The molecule has 1 amide bonds. The Morgan fingerprint density at radius 2 is 1.65 bits per heavy atom. The summed E-state index contributed by atoms with van der Waals surface area (Å²) in [6.07, 6.45) is -4.33. The molecule has 0 fully saturated rings. The minimum atomic E-state index is -4.33. The zero-order chi connectivity index (χ0) is 19.0.